The van der Waals surface area contributed by atoms with Gasteiger partial charge in [0.15, 0.2) is 0 Å². The van der Waals surface area contributed by atoms with Crippen molar-refractivity contribution in [1.82, 2.24) is 9.55 Å². The van der Waals surface area contributed by atoms with Crippen molar-refractivity contribution in [3.63, 3.8) is 0 Å². The molecule has 0 spiro atoms. The Hall–Kier alpha value is -1.35. The summed E-state index contributed by atoms with van der Waals surface area (Å²) in [4.78, 5) is 4.57. The van der Waals surface area contributed by atoms with E-state index < -0.39 is 0 Å². The molecule has 1 aliphatic carbocycles. The van der Waals surface area contributed by atoms with E-state index in [1.165, 1.54) is 6.42 Å². The van der Waals surface area contributed by atoms with E-state index >= 15 is 0 Å². The van der Waals surface area contributed by atoms with Crippen LogP contribution in [0.25, 0.3) is 11.0 Å². The monoisotopic (exact) mass is 230 g/mol. The molecule has 0 aliphatic heterocycles. The fourth-order valence-electron chi connectivity index (χ4n) is 2.98. The Balaban J connectivity index is 2.12. The van der Waals surface area contributed by atoms with Crippen LogP contribution >= 0.6 is 0 Å². The fraction of sp³-hybridized carbons (Fsp3) is 0.500. The number of fused-ring (bicyclic) bond motifs is 1. The number of aromatic nitrogens is 2. The molecule has 3 nitrogen and oxygen atoms in total. The quantitative estimate of drug-likeness (QED) is 0.818. The van der Waals surface area contributed by atoms with Crippen molar-refractivity contribution >= 4 is 11.0 Å². The molecule has 0 amide bonds. The molecule has 3 rings (SSSR count). The van der Waals surface area contributed by atoms with Crippen molar-refractivity contribution in [2.24, 2.45) is 0 Å². The van der Waals surface area contributed by atoms with E-state index in [9.17, 15) is 5.11 Å². The highest BCUT2D eigenvalue weighted by Gasteiger charge is 2.26. The Morgan fingerprint density at radius 3 is 2.82 bits per heavy atom. The number of rotatable bonds is 1. The average molecular weight is 230 g/mol. The van der Waals surface area contributed by atoms with Gasteiger partial charge in [0.25, 0.3) is 0 Å². The standard InChI is InChI=1S/C14H18N2O/c1-10-15-11-6-2-3-7-12(11)16(10)13-8-4-5-9-14(13)17/h2-3,6-7,13-14,17H,4-5,8-9H2,1H3. The lowest BCUT2D eigenvalue weighted by molar-refractivity contribution is 0.0763. The summed E-state index contributed by atoms with van der Waals surface area (Å²) < 4.78 is 2.22. The van der Waals surface area contributed by atoms with Gasteiger partial charge < -0.3 is 9.67 Å². The summed E-state index contributed by atoms with van der Waals surface area (Å²) in [5, 5.41) is 10.2. The molecule has 90 valence electrons. The third-order valence-corrected chi connectivity index (χ3v) is 3.80. The third kappa shape index (κ3) is 1.75. The first-order valence-electron chi connectivity index (χ1n) is 6.39. The third-order valence-electron chi connectivity index (χ3n) is 3.80. The molecular weight excluding hydrogens is 212 g/mol. The Morgan fingerprint density at radius 2 is 2.00 bits per heavy atom. The van der Waals surface area contributed by atoms with E-state index in [-0.39, 0.29) is 12.1 Å². The Labute approximate surface area is 101 Å². The summed E-state index contributed by atoms with van der Waals surface area (Å²) in [5.41, 5.74) is 2.18. The van der Waals surface area contributed by atoms with Gasteiger partial charge in [-0.2, -0.15) is 0 Å². The first-order valence-corrected chi connectivity index (χ1v) is 6.39. The van der Waals surface area contributed by atoms with Crippen LogP contribution in [-0.2, 0) is 0 Å². The maximum absolute atomic E-state index is 10.2. The number of aliphatic hydroxyl groups is 1. The van der Waals surface area contributed by atoms with Crippen LogP contribution in [0.15, 0.2) is 24.3 Å². The Kier molecular flexibility index (Phi) is 2.63. The summed E-state index contributed by atoms with van der Waals surface area (Å²) in [6, 6.07) is 8.38. The second kappa shape index (κ2) is 4.15. The zero-order chi connectivity index (χ0) is 11.8. The van der Waals surface area contributed by atoms with Gasteiger partial charge >= 0.3 is 0 Å². The van der Waals surface area contributed by atoms with Crippen LogP contribution in [0.5, 0.6) is 0 Å². The first kappa shape index (κ1) is 10.8. The van der Waals surface area contributed by atoms with Gasteiger partial charge in [0, 0.05) is 0 Å². The van der Waals surface area contributed by atoms with E-state index in [1.807, 2.05) is 25.1 Å². The van der Waals surface area contributed by atoms with Gasteiger partial charge in [-0.25, -0.2) is 4.98 Å². The van der Waals surface area contributed by atoms with Gasteiger partial charge in [-0.1, -0.05) is 25.0 Å². The zero-order valence-corrected chi connectivity index (χ0v) is 10.1. The predicted octanol–water partition coefficient (Wildman–Crippen LogP) is 2.82. The van der Waals surface area contributed by atoms with E-state index in [2.05, 4.69) is 15.6 Å². The van der Waals surface area contributed by atoms with Gasteiger partial charge in [0.1, 0.15) is 5.82 Å². The number of imidazole rings is 1. The molecule has 0 radical (unpaired) electrons. The van der Waals surface area contributed by atoms with Crippen molar-refractivity contribution in [2.75, 3.05) is 0 Å². The molecule has 1 aliphatic rings. The smallest absolute Gasteiger partial charge is 0.107 e. The van der Waals surface area contributed by atoms with Crippen molar-refractivity contribution in [1.29, 1.82) is 0 Å². The van der Waals surface area contributed by atoms with E-state index in [1.54, 1.807) is 0 Å². The number of aliphatic hydroxyl groups excluding tert-OH is 1. The predicted molar refractivity (Wildman–Crippen MR) is 68.0 cm³/mol. The molecule has 17 heavy (non-hydrogen) atoms. The second-order valence-corrected chi connectivity index (χ2v) is 4.94. The molecule has 1 aromatic carbocycles. The molecule has 0 saturated heterocycles. The van der Waals surface area contributed by atoms with Crippen molar-refractivity contribution in [3.8, 4) is 0 Å². The van der Waals surface area contributed by atoms with Crippen molar-refractivity contribution in [2.45, 2.75) is 44.8 Å². The molecule has 1 N–H and O–H groups in total. The second-order valence-electron chi connectivity index (χ2n) is 4.94. The van der Waals surface area contributed by atoms with Crippen LogP contribution in [0, 0.1) is 6.92 Å². The first-order chi connectivity index (χ1) is 8.27. The minimum atomic E-state index is -0.222. The van der Waals surface area contributed by atoms with Gasteiger partial charge in [-0.05, 0) is 31.9 Å². The summed E-state index contributed by atoms with van der Waals surface area (Å²) in [7, 11) is 0. The molecule has 3 heteroatoms. The van der Waals surface area contributed by atoms with Gasteiger partial charge in [0.2, 0.25) is 0 Å². The van der Waals surface area contributed by atoms with Crippen molar-refractivity contribution < 1.29 is 5.11 Å². The minimum Gasteiger partial charge on any atom is -0.391 e. The highest BCUT2D eigenvalue weighted by atomic mass is 16.3. The van der Waals surface area contributed by atoms with Crippen LogP contribution in [0.1, 0.15) is 37.5 Å². The Morgan fingerprint density at radius 1 is 1.24 bits per heavy atom. The number of aryl methyl sites for hydroxylation is 1. The van der Waals surface area contributed by atoms with Crippen LogP contribution in [-0.4, -0.2) is 20.8 Å². The molecule has 1 aromatic heterocycles. The topological polar surface area (TPSA) is 38.0 Å². The van der Waals surface area contributed by atoms with E-state index in [4.69, 9.17) is 0 Å². The van der Waals surface area contributed by atoms with Crippen LogP contribution in [0.2, 0.25) is 0 Å². The van der Waals surface area contributed by atoms with E-state index in [0.717, 1.165) is 36.1 Å². The fourth-order valence-corrected chi connectivity index (χ4v) is 2.98. The summed E-state index contributed by atoms with van der Waals surface area (Å²) in [6.45, 7) is 2.03. The molecule has 2 aromatic rings. The largest absolute Gasteiger partial charge is 0.391 e. The maximum atomic E-state index is 10.2. The molecule has 1 heterocycles. The summed E-state index contributed by atoms with van der Waals surface area (Å²) >= 11 is 0. The van der Waals surface area contributed by atoms with Crippen LogP contribution in [0.3, 0.4) is 0 Å². The number of hydrogen-bond acceptors (Lipinski definition) is 2. The van der Waals surface area contributed by atoms with Gasteiger partial charge in [0.05, 0.1) is 23.2 Å². The lowest BCUT2D eigenvalue weighted by Crippen LogP contribution is -2.28. The Bertz CT molecular complexity index is 532. The number of nitrogens with zero attached hydrogens (tertiary/aromatic N) is 2. The van der Waals surface area contributed by atoms with Crippen molar-refractivity contribution in [3.05, 3.63) is 30.1 Å². The zero-order valence-electron chi connectivity index (χ0n) is 10.1. The highest BCUT2D eigenvalue weighted by Crippen LogP contribution is 2.32. The molecule has 1 fully saturated rings. The molecule has 1 saturated carbocycles. The highest BCUT2D eigenvalue weighted by molar-refractivity contribution is 5.76. The van der Waals surface area contributed by atoms with Gasteiger partial charge in [-0.3, -0.25) is 0 Å². The van der Waals surface area contributed by atoms with Crippen LogP contribution in [0.4, 0.5) is 0 Å². The van der Waals surface area contributed by atoms with Gasteiger partial charge in [-0.15, -0.1) is 0 Å². The SMILES string of the molecule is Cc1nc2ccccc2n1C1CCCCC1O. The average Bonchev–Trinajstić information content (AvgIpc) is 2.66. The lowest BCUT2D eigenvalue weighted by atomic mass is 9.92. The number of hydrogen-bond donors (Lipinski definition) is 1. The van der Waals surface area contributed by atoms with E-state index in [0.29, 0.717) is 0 Å². The summed E-state index contributed by atoms with van der Waals surface area (Å²) in [5.74, 6) is 1.01. The number of benzene rings is 1. The molecule has 2 unspecified atom stereocenters. The van der Waals surface area contributed by atoms with Crippen LogP contribution < -0.4 is 0 Å². The number of para-hydroxylation sites is 2. The molecule has 2 atom stereocenters. The molecular formula is C14H18N2O. The molecule has 0 bridgehead atoms. The normalized spacial score (nSPS) is 25.3. The minimum absolute atomic E-state index is 0.205. The summed E-state index contributed by atoms with van der Waals surface area (Å²) in [6.07, 6.45) is 4.09. The lowest BCUT2D eigenvalue weighted by Gasteiger charge is -2.30. The maximum Gasteiger partial charge on any atom is 0.107 e.